The van der Waals surface area contributed by atoms with E-state index in [9.17, 15) is 22.4 Å². The third-order valence-corrected chi connectivity index (χ3v) is 7.09. The van der Waals surface area contributed by atoms with E-state index in [1.165, 1.54) is 23.4 Å². The predicted octanol–water partition coefficient (Wildman–Crippen LogP) is 3.69. The summed E-state index contributed by atoms with van der Waals surface area (Å²) in [5.74, 6) is -2.21. The number of ketones is 1. The Hall–Kier alpha value is -2.29. The van der Waals surface area contributed by atoms with Crippen LogP contribution in [0.2, 0.25) is 5.02 Å². The highest BCUT2D eigenvalue weighted by molar-refractivity contribution is 7.89. The van der Waals surface area contributed by atoms with Gasteiger partial charge in [0, 0.05) is 23.7 Å². The van der Waals surface area contributed by atoms with Gasteiger partial charge < -0.3 is 4.74 Å². The second-order valence-corrected chi connectivity index (χ2v) is 9.48. The van der Waals surface area contributed by atoms with Crippen molar-refractivity contribution >= 4 is 33.4 Å². The minimum atomic E-state index is -3.86. The van der Waals surface area contributed by atoms with Gasteiger partial charge >= 0.3 is 5.97 Å². The molecular formula is C21H21ClFNO5S. The van der Waals surface area contributed by atoms with E-state index in [1.54, 1.807) is 24.3 Å². The van der Waals surface area contributed by atoms with Gasteiger partial charge in [0.15, 0.2) is 6.10 Å². The van der Waals surface area contributed by atoms with Crippen LogP contribution in [-0.2, 0) is 19.6 Å². The van der Waals surface area contributed by atoms with Crippen LogP contribution in [-0.4, -0.2) is 43.7 Å². The number of Topliss-reactive ketones (excluding diaryl/α,β-unsaturated/α-hetero) is 1. The van der Waals surface area contributed by atoms with Crippen LogP contribution in [0.3, 0.4) is 0 Å². The van der Waals surface area contributed by atoms with E-state index in [0.29, 0.717) is 23.4 Å². The fourth-order valence-electron chi connectivity index (χ4n) is 3.28. The average Bonchev–Trinajstić information content (AvgIpc) is 2.74. The normalized spacial score (nSPS) is 18.6. The van der Waals surface area contributed by atoms with Gasteiger partial charge in [-0.2, -0.15) is 4.31 Å². The molecule has 1 aliphatic rings. The number of benzene rings is 2. The number of ether oxygens (including phenoxy) is 1. The molecule has 2 atom stereocenters. The van der Waals surface area contributed by atoms with Crippen LogP contribution in [0.15, 0.2) is 53.4 Å². The lowest BCUT2D eigenvalue weighted by Crippen LogP contribution is -2.43. The van der Waals surface area contributed by atoms with Gasteiger partial charge in [-0.15, -0.1) is 0 Å². The molecule has 1 fully saturated rings. The number of hydrogen-bond acceptors (Lipinski definition) is 5. The number of carbonyl (C=O) groups excluding carboxylic acids is 2. The molecule has 0 aliphatic carbocycles. The fourth-order valence-corrected chi connectivity index (χ4v) is 4.93. The first-order valence-electron chi connectivity index (χ1n) is 9.44. The molecule has 6 nitrogen and oxygen atoms in total. The summed E-state index contributed by atoms with van der Waals surface area (Å²) >= 11 is 5.82. The highest BCUT2D eigenvalue weighted by Gasteiger charge is 2.35. The minimum absolute atomic E-state index is 0.0378. The van der Waals surface area contributed by atoms with Gasteiger partial charge in [-0.05, 0) is 68.3 Å². The van der Waals surface area contributed by atoms with Crippen LogP contribution in [0.25, 0.3) is 0 Å². The maximum atomic E-state index is 13.1. The third kappa shape index (κ3) is 5.06. The largest absolute Gasteiger partial charge is 0.454 e. The Kier molecular flexibility index (Phi) is 6.90. The summed E-state index contributed by atoms with van der Waals surface area (Å²) in [6.07, 6.45) is -0.0849. The molecule has 9 heteroatoms. The number of nitrogens with zero attached hydrogens (tertiary/aromatic N) is 1. The first-order valence-corrected chi connectivity index (χ1v) is 11.3. The summed E-state index contributed by atoms with van der Waals surface area (Å²) in [6, 6.07) is 10.8. The number of sulfonamides is 1. The van der Waals surface area contributed by atoms with Crippen molar-refractivity contribution in [2.75, 3.05) is 13.1 Å². The smallest absolute Gasteiger partial charge is 0.310 e. The van der Waals surface area contributed by atoms with E-state index < -0.39 is 33.8 Å². The van der Waals surface area contributed by atoms with E-state index in [4.69, 9.17) is 16.3 Å². The quantitative estimate of drug-likeness (QED) is 0.492. The number of rotatable bonds is 6. The first-order chi connectivity index (χ1) is 14.2. The van der Waals surface area contributed by atoms with Gasteiger partial charge in [0.05, 0.1) is 10.8 Å². The van der Waals surface area contributed by atoms with Crippen LogP contribution < -0.4 is 0 Å². The van der Waals surface area contributed by atoms with Crippen molar-refractivity contribution in [3.05, 3.63) is 64.9 Å². The van der Waals surface area contributed by atoms with Crippen molar-refractivity contribution in [2.45, 2.75) is 30.8 Å². The molecule has 0 saturated carbocycles. The lowest BCUT2D eigenvalue weighted by atomic mass is 9.99. The van der Waals surface area contributed by atoms with Crippen LogP contribution in [0.1, 0.15) is 30.1 Å². The number of halogens is 2. The molecule has 3 rings (SSSR count). The van der Waals surface area contributed by atoms with Crippen LogP contribution in [0, 0.1) is 11.7 Å². The molecule has 0 radical (unpaired) electrons. The Morgan fingerprint density at radius 2 is 1.77 bits per heavy atom. The van der Waals surface area contributed by atoms with E-state index in [-0.39, 0.29) is 23.8 Å². The monoisotopic (exact) mass is 453 g/mol. The number of piperidine rings is 1. The second kappa shape index (κ2) is 9.24. The van der Waals surface area contributed by atoms with Crippen molar-refractivity contribution in [1.82, 2.24) is 4.31 Å². The first kappa shape index (κ1) is 22.4. The van der Waals surface area contributed by atoms with Crippen LogP contribution >= 0.6 is 11.6 Å². The molecule has 0 aromatic heterocycles. The van der Waals surface area contributed by atoms with Gasteiger partial charge in [-0.25, -0.2) is 12.8 Å². The summed E-state index contributed by atoms with van der Waals surface area (Å²) < 4.78 is 45.2. The molecule has 2 aromatic rings. The van der Waals surface area contributed by atoms with Gasteiger partial charge in [-0.3, -0.25) is 9.59 Å². The fraction of sp³-hybridized carbons (Fsp3) is 0.333. The molecule has 160 valence electrons. The molecule has 0 N–H and O–H groups in total. The molecule has 0 bridgehead atoms. The average molecular weight is 454 g/mol. The summed E-state index contributed by atoms with van der Waals surface area (Å²) in [5, 5.41) is 0.487. The summed E-state index contributed by atoms with van der Waals surface area (Å²) in [5.41, 5.74) is 0.365. The molecule has 1 aliphatic heterocycles. The van der Waals surface area contributed by atoms with Crippen molar-refractivity contribution in [1.29, 1.82) is 0 Å². The zero-order valence-corrected chi connectivity index (χ0v) is 17.8. The molecule has 30 heavy (non-hydrogen) atoms. The standard InChI is InChI=1S/C21H21ClFNO5S/c1-14(20(25)15-4-6-17(22)7-5-15)29-21(26)16-3-2-12-24(13-16)30(27,28)19-10-8-18(23)9-11-19/h4-11,14,16H,2-3,12-13H2,1H3. The van der Waals surface area contributed by atoms with E-state index >= 15 is 0 Å². The molecule has 2 aromatic carbocycles. The molecule has 0 amide bonds. The molecule has 1 saturated heterocycles. The molecule has 1 heterocycles. The number of hydrogen-bond donors (Lipinski definition) is 0. The highest BCUT2D eigenvalue weighted by Crippen LogP contribution is 2.25. The minimum Gasteiger partial charge on any atom is -0.454 e. The summed E-state index contributed by atoms with van der Waals surface area (Å²) in [7, 11) is -3.86. The van der Waals surface area contributed by atoms with Crippen LogP contribution in [0.5, 0.6) is 0 Å². The maximum absolute atomic E-state index is 13.1. The van der Waals surface area contributed by atoms with Crippen molar-refractivity contribution < 1.29 is 27.1 Å². The summed E-state index contributed by atoms with van der Waals surface area (Å²) in [4.78, 5) is 25.0. The van der Waals surface area contributed by atoms with E-state index in [1.807, 2.05) is 0 Å². The predicted molar refractivity (Wildman–Crippen MR) is 109 cm³/mol. The Morgan fingerprint density at radius 3 is 2.40 bits per heavy atom. The number of carbonyl (C=O) groups is 2. The Morgan fingerprint density at radius 1 is 1.13 bits per heavy atom. The molecule has 2 unspecified atom stereocenters. The Bertz CT molecular complexity index is 1020. The summed E-state index contributed by atoms with van der Waals surface area (Å²) in [6.45, 7) is 1.67. The lowest BCUT2D eigenvalue weighted by molar-refractivity contribution is -0.152. The van der Waals surface area contributed by atoms with Gasteiger partial charge in [-0.1, -0.05) is 11.6 Å². The SMILES string of the molecule is CC(OC(=O)C1CCCN(S(=O)(=O)c2ccc(F)cc2)C1)C(=O)c1ccc(Cl)cc1. The lowest BCUT2D eigenvalue weighted by Gasteiger charge is -2.31. The van der Waals surface area contributed by atoms with Gasteiger partial charge in [0.1, 0.15) is 5.82 Å². The Labute approximate surface area is 179 Å². The van der Waals surface area contributed by atoms with Gasteiger partial charge in [0.25, 0.3) is 0 Å². The van der Waals surface area contributed by atoms with Crippen molar-refractivity contribution in [3.63, 3.8) is 0 Å². The van der Waals surface area contributed by atoms with Crippen LogP contribution in [0.4, 0.5) is 4.39 Å². The highest BCUT2D eigenvalue weighted by atomic mass is 35.5. The zero-order chi connectivity index (χ0) is 21.9. The van der Waals surface area contributed by atoms with Crippen molar-refractivity contribution in [3.8, 4) is 0 Å². The Balaban J connectivity index is 1.65. The molecular weight excluding hydrogens is 433 g/mol. The second-order valence-electron chi connectivity index (χ2n) is 7.11. The number of esters is 1. The topological polar surface area (TPSA) is 80.8 Å². The van der Waals surface area contributed by atoms with Crippen molar-refractivity contribution in [2.24, 2.45) is 5.92 Å². The van der Waals surface area contributed by atoms with E-state index in [2.05, 4.69) is 0 Å². The molecule has 0 spiro atoms. The third-order valence-electron chi connectivity index (χ3n) is 4.96. The maximum Gasteiger partial charge on any atom is 0.310 e. The zero-order valence-electron chi connectivity index (χ0n) is 16.3. The van der Waals surface area contributed by atoms with E-state index in [0.717, 1.165) is 12.1 Å². The van der Waals surface area contributed by atoms with Gasteiger partial charge in [0.2, 0.25) is 15.8 Å².